The lowest BCUT2D eigenvalue weighted by molar-refractivity contribution is 0.0782. The van der Waals surface area contributed by atoms with Gasteiger partial charge in [0.05, 0.1) is 0 Å². The summed E-state index contributed by atoms with van der Waals surface area (Å²) in [6.45, 7) is 2.40. The minimum absolute atomic E-state index is 0.0680. The van der Waals surface area contributed by atoms with Crippen molar-refractivity contribution >= 4 is 5.91 Å². The molecule has 0 saturated carbocycles. The zero-order valence-corrected chi connectivity index (χ0v) is 12.0. The van der Waals surface area contributed by atoms with E-state index in [0.29, 0.717) is 6.54 Å². The van der Waals surface area contributed by atoms with E-state index in [9.17, 15) is 4.79 Å². The highest BCUT2D eigenvalue weighted by molar-refractivity contribution is 5.94. The maximum Gasteiger partial charge on any atom is 0.253 e. The molecule has 21 heavy (non-hydrogen) atoms. The van der Waals surface area contributed by atoms with Gasteiger partial charge in [-0.15, -0.1) is 0 Å². The van der Waals surface area contributed by atoms with Crippen molar-refractivity contribution < 1.29 is 9.90 Å². The van der Waals surface area contributed by atoms with Gasteiger partial charge in [0, 0.05) is 50.1 Å². The minimum Gasteiger partial charge on any atom is -0.396 e. The SMILES string of the molecule is O=C(c1ccc(Cn2cccc2)cc1)N1CC[C@@H](CO)C1. The molecule has 3 rings (SSSR count). The van der Waals surface area contributed by atoms with E-state index in [0.717, 1.165) is 25.1 Å². The highest BCUT2D eigenvalue weighted by atomic mass is 16.3. The Hall–Kier alpha value is -2.07. The molecular weight excluding hydrogens is 264 g/mol. The Kier molecular flexibility index (Phi) is 4.06. The van der Waals surface area contributed by atoms with Gasteiger partial charge in [0.15, 0.2) is 0 Å². The van der Waals surface area contributed by atoms with Gasteiger partial charge < -0.3 is 14.6 Å². The molecule has 1 aromatic carbocycles. The molecule has 1 aliphatic heterocycles. The highest BCUT2D eigenvalue weighted by Crippen LogP contribution is 2.18. The molecular formula is C17H20N2O2. The second-order valence-corrected chi connectivity index (χ2v) is 5.64. The topological polar surface area (TPSA) is 45.5 Å². The summed E-state index contributed by atoms with van der Waals surface area (Å²) < 4.78 is 2.10. The van der Waals surface area contributed by atoms with Gasteiger partial charge in [-0.25, -0.2) is 0 Å². The van der Waals surface area contributed by atoms with Crippen LogP contribution in [0.25, 0.3) is 0 Å². The number of hydrogen-bond donors (Lipinski definition) is 1. The van der Waals surface area contributed by atoms with Crippen molar-refractivity contribution in [3.63, 3.8) is 0 Å². The predicted molar refractivity (Wildman–Crippen MR) is 81.1 cm³/mol. The van der Waals surface area contributed by atoms with Gasteiger partial charge in [-0.2, -0.15) is 0 Å². The van der Waals surface area contributed by atoms with Crippen LogP contribution in [0.3, 0.4) is 0 Å². The molecule has 1 fully saturated rings. The number of carbonyl (C=O) groups excluding carboxylic acids is 1. The summed E-state index contributed by atoms with van der Waals surface area (Å²) in [5.41, 5.74) is 1.90. The normalized spacial score (nSPS) is 18.1. The lowest BCUT2D eigenvalue weighted by Crippen LogP contribution is -2.29. The standard InChI is InChI=1S/C17H20N2O2/c20-13-15-7-10-19(12-15)17(21)16-5-3-14(4-6-16)11-18-8-1-2-9-18/h1-6,8-9,15,20H,7,10-13H2/t15-/m1/s1. The van der Waals surface area contributed by atoms with E-state index in [1.165, 1.54) is 5.56 Å². The van der Waals surface area contributed by atoms with Crippen molar-refractivity contribution in [3.05, 3.63) is 59.9 Å². The van der Waals surface area contributed by atoms with Gasteiger partial charge >= 0.3 is 0 Å². The van der Waals surface area contributed by atoms with E-state index in [2.05, 4.69) is 4.57 Å². The average molecular weight is 284 g/mol. The number of aliphatic hydroxyl groups excluding tert-OH is 1. The molecule has 110 valence electrons. The zero-order chi connectivity index (χ0) is 14.7. The lowest BCUT2D eigenvalue weighted by Gasteiger charge is -2.16. The number of likely N-dealkylation sites (tertiary alicyclic amines) is 1. The Morgan fingerprint density at radius 2 is 1.90 bits per heavy atom. The summed E-state index contributed by atoms with van der Waals surface area (Å²) >= 11 is 0. The molecule has 0 bridgehead atoms. The van der Waals surface area contributed by atoms with Crippen molar-refractivity contribution in [2.45, 2.75) is 13.0 Å². The smallest absolute Gasteiger partial charge is 0.253 e. The molecule has 1 saturated heterocycles. The molecule has 0 aliphatic carbocycles. The third-order valence-electron chi connectivity index (χ3n) is 4.06. The van der Waals surface area contributed by atoms with E-state index in [1.54, 1.807) is 0 Å². The van der Waals surface area contributed by atoms with Crippen molar-refractivity contribution in [1.29, 1.82) is 0 Å². The third kappa shape index (κ3) is 3.16. The largest absolute Gasteiger partial charge is 0.396 e. The first-order chi connectivity index (χ1) is 10.3. The summed E-state index contributed by atoms with van der Waals surface area (Å²) in [5.74, 6) is 0.306. The van der Waals surface area contributed by atoms with Gasteiger partial charge in [-0.05, 0) is 36.2 Å². The Morgan fingerprint density at radius 3 is 2.52 bits per heavy atom. The number of hydrogen-bond acceptors (Lipinski definition) is 2. The molecule has 4 heteroatoms. The molecule has 0 unspecified atom stereocenters. The van der Waals surface area contributed by atoms with E-state index in [4.69, 9.17) is 5.11 Å². The summed E-state index contributed by atoms with van der Waals surface area (Å²) in [6.07, 6.45) is 4.95. The number of nitrogens with zero attached hydrogens (tertiary/aromatic N) is 2. The number of amides is 1. The Labute approximate surface area is 124 Å². The van der Waals surface area contributed by atoms with Crippen LogP contribution in [0.1, 0.15) is 22.3 Å². The van der Waals surface area contributed by atoms with E-state index in [1.807, 2.05) is 53.7 Å². The fourth-order valence-electron chi connectivity index (χ4n) is 2.79. The molecule has 1 aromatic heterocycles. The van der Waals surface area contributed by atoms with E-state index >= 15 is 0 Å². The van der Waals surface area contributed by atoms with Crippen molar-refractivity contribution in [2.24, 2.45) is 5.92 Å². The summed E-state index contributed by atoms with van der Waals surface area (Å²) in [6, 6.07) is 11.8. The first kappa shape index (κ1) is 13.9. The molecule has 1 N–H and O–H groups in total. The summed E-state index contributed by atoms with van der Waals surface area (Å²) in [7, 11) is 0. The average Bonchev–Trinajstić information content (AvgIpc) is 3.18. The van der Waals surface area contributed by atoms with Crippen molar-refractivity contribution in [2.75, 3.05) is 19.7 Å². The highest BCUT2D eigenvalue weighted by Gasteiger charge is 2.26. The molecule has 1 atom stereocenters. The molecule has 4 nitrogen and oxygen atoms in total. The second kappa shape index (κ2) is 6.14. The summed E-state index contributed by atoms with van der Waals surface area (Å²) in [5, 5.41) is 9.15. The van der Waals surface area contributed by atoms with Crippen LogP contribution in [0.4, 0.5) is 0 Å². The number of aromatic nitrogens is 1. The van der Waals surface area contributed by atoms with Crippen molar-refractivity contribution in [1.82, 2.24) is 9.47 Å². The van der Waals surface area contributed by atoms with Crippen LogP contribution in [0.5, 0.6) is 0 Å². The molecule has 0 radical (unpaired) electrons. The Bertz CT molecular complexity index is 590. The van der Waals surface area contributed by atoms with Gasteiger partial charge in [-0.3, -0.25) is 4.79 Å². The van der Waals surface area contributed by atoms with Crippen LogP contribution in [0, 0.1) is 5.92 Å². The third-order valence-corrected chi connectivity index (χ3v) is 4.06. The van der Waals surface area contributed by atoms with Crippen LogP contribution in [0.2, 0.25) is 0 Å². The fourth-order valence-corrected chi connectivity index (χ4v) is 2.79. The minimum atomic E-state index is 0.0680. The zero-order valence-electron chi connectivity index (χ0n) is 12.0. The molecule has 0 spiro atoms. The monoisotopic (exact) mass is 284 g/mol. The van der Waals surface area contributed by atoms with Crippen LogP contribution in [-0.2, 0) is 6.54 Å². The maximum atomic E-state index is 12.4. The van der Waals surface area contributed by atoms with Crippen LogP contribution in [-0.4, -0.2) is 40.2 Å². The quantitative estimate of drug-likeness (QED) is 0.933. The Morgan fingerprint density at radius 1 is 1.19 bits per heavy atom. The van der Waals surface area contributed by atoms with Gasteiger partial charge in [0.1, 0.15) is 0 Å². The van der Waals surface area contributed by atoms with Gasteiger partial charge in [-0.1, -0.05) is 12.1 Å². The number of benzene rings is 1. The van der Waals surface area contributed by atoms with Crippen LogP contribution < -0.4 is 0 Å². The van der Waals surface area contributed by atoms with Crippen LogP contribution in [0.15, 0.2) is 48.8 Å². The molecule has 1 aliphatic rings. The molecule has 1 amide bonds. The Balaban J connectivity index is 1.65. The summed E-state index contributed by atoms with van der Waals surface area (Å²) in [4.78, 5) is 14.2. The van der Waals surface area contributed by atoms with Gasteiger partial charge in [0.25, 0.3) is 5.91 Å². The fraction of sp³-hybridized carbons (Fsp3) is 0.353. The van der Waals surface area contributed by atoms with Gasteiger partial charge in [0.2, 0.25) is 0 Å². The van der Waals surface area contributed by atoms with E-state index < -0.39 is 0 Å². The predicted octanol–water partition coefficient (Wildman–Crippen LogP) is 1.99. The maximum absolute atomic E-state index is 12.4. The van der Waals surface area contributed by atoms with Crippen LogP contribution >= 0.6 is 0 Å². The number of carbonyl (C=O) groups is 1. The molecule has 2 aromatic rings. The van der Waals surface area contributed by atoms with E-state index in [-0.39, 0.29) is 18.4 Å². The van der Waals surface area contributed by atoms with Crippen molar-refractivity contribution in [3.8, 4) is 0 Å². The first-order valence-corrected chi connectivity index (χ1v) is 7.36. The second-order valence-electron chi connectivity index (χ2n) is 5.64. The number of aliphatic hydroxyl groups is 1. The lowest BCUT2D eigenvalue weighted by atomic mass is 10.1. The number of rotatable bonds is 4. The first-order valence-electron chi connectivity index (χ1n) is 7.36. The molecule has 2 heterocycles.